The van der Waals surface area contributed by atoms with Crippen molar-refractivity contribution in [2.75, 3.05) is 13.7 Å². The molecular weight excluding hydrogens is 218 g/mol. The van der Waals surface area contributed by atoms with Crippen LogP contribution in [0.5, 0.6) is 5.75 Å². The maximum absolute atomic E-state index is 11.9. The first-order valence-electron chi connectivity index (χ1n) is 5.66. The molecule has 90 valence electrons. The van der Waals surface area contributed by atoms with E-state index < -0.39 is 0 Å². The number of rotatable bonds is 5. The minimum Gasteiger partial charge on any atom is -0.496 e. The summed E-state index contributed by atoms with van der Waals surface area (Å²) in [7, 11) is 1.52. The number of nitrogens with one attached hydrogen (secondary N) is 1. The van der Waals surface area contributed by atoms with Crippen molar-refractivity contribution in [1.82, 2.24) is 5.32 Å². The van der Waals surface area contributed by atoms with Crippen molar-refractivity contribution in [3.05, 3.63) is 29.8 Å². The van der Waals surface area contributed by atoms with Crippen LogP contribution in [-0.2, 0) is 4.79 Å². The number of hydrogen-bond donors (Lipinski definition) is 1. The molecular formula is C13H15NO3. The summed E-state index contributed by atoms with van der Waals surface area (Å²) in [5.41, 5.74) is 0.506. The molecule has 0 atom stereocenters. The van der Waals surface area contributed by atoms with Gasteiger partial charge in [-0.25, -0.2) is 0 Å². The molecule has 0 saturated heterocycles. The molecule has 4 heteroatoms. The van der Waals surface area contributed by atoms with E-state index in [1.807, 2.05) is 0 Å². The third kappa shape index (κ3) is 2.84. The predicted molar refractivity (Wildman–Crippen MR) is 63.1 cm³/mol. The van der Waals surface area contributed by atoms with Gasteiger partial charge in [0, 0.05) is 5.92 Å². The monoisotopic (exact) mass is 233 g/mol. The summed E-state index contributed by atoms with van der Waals surface area (Å²) in [6, 6.07) is 7.01. The van der Waals surface area contributed by atoms with Crippen LogP contribution in [0, 0.1) is 5.92 Å². The van der Waals surface area contributed by atoms with Gasteiger partial charge in [-0.2, -0.15) is 0 Å². The van der Waals surface area contributed by atoms with E-state index in [-0.39, 0.29) is 24.2 Å². The molecule has 1 N–H and O–H groups in total. The molecule has 1 amide bonds. The van der Waals surface area contributed by atoms with Gasteiger partial charge >= 0.3 is 0 Å². The van der Waals surface area contributed by atoms with Gasteiger partial charge in [0.25, 0.3) is 0 Å². The van der Waals surface area contributed by atoms with E-state index in [1.165, 1.54) is 7.11 Å². The molecule has 0 bridgehead atoms. The Morgan fingerprint density at radius 3 is 2.71 bits per heavy atom. The number of ketones is 1. The van der Waals surface area contributed by atoms with E-state index in [4.69, 9.17) is 4.74 Å². The molecule has 2 rings (SSSR count). The smallest absolute Gasteiger partial charge is 0.223 e. The lowest BCUT2D eigenvalue weighted by Crippen LogP contribution is -2.30. The summed E-state index contributed by atoms with van der Waals surface area (Å²) < 4.78 is 5.10. The van der Waals surface area contributed by atoms with Crippen LogP contribution in [0.25, 0.3) is 0 Å². The van der Waals surface area contributed by atoms with Crippen LogP contribution in [0.2, 0.25) is 0 Å². The fourth-order valence-electron chi connectivity index (χ4n) is 1.63. The molecule has 0 heterocycles. The van der Waals surface area contributed by atoms with Gasteiger partial charge in [-0.1, -0.05) is 12.1 Å². The van der Waals surface area contributed by atoms with Gasteiger partial charge in [-0.15, -0.1) is 0 Å². The zero-order chi connectivity index (χ0) is 12.3. The van der Waals surface area contributed by atoms with Crippen LogP contribution in [-0.4, -0.2) is 25.3 Å². The second-order valence-corrected chi connectivity index (χ2v) is 4.12. The van der Waals surface area contributed by atoms with Gasteiger partial charge in [0.05, 0.1) is 19.2 Å². The largest absolute Gasteiger partial charge is 0.496 e. The Morgan fingerprint density at radius 1 is 1.35 bits per heavy atom. The number of benzene rings is 1. The number of ether oxygens (including phenoxy) is 1. The Bertz CT molecular complexity index is 438. The van der Waals surface area contributed by atoms with E-state index in [0.717, 1.165) is 12.8 Å². The Hall–Kier alpha value is -1.84. The lowest BCUT2D eigenvalue weighted by atomic mass is 10.1. The van der Waals surface area contributed by atoms with Crippen LogP contribution < -0.4 is 10.1 Å². The van der Waals surface area contributed by atoms with Gasteiger partial charge in [-0.05, 0) is 25.0 Å². The Balaban J connectivity index is 1.96. The minimum atomic E-state index is -0.128. The first-order chi connectivity index (χ1) is 8.22. The zero-order valence-corrected chi connectivity index (χ0v) is 9.73. The lowest BCUT2D eigenvalue weighted by molar-refractivity contribution is -0.122. The fraction of sp³-hybridized carbons (Fsp3) is 0.385. The van der Waals surface area contributed by atoms with Crippen molar-refractivity contribution in [3.8, 4) is 5.75 Å². The van der Waals surface area contributed by atoms with Crippen molar-refractivity contribution in [2.24, 2.45) is 5.92 Å². The molecule has 1 aromatic carbocycles. The summed E-state index contributed by atoms with van der Waals surface area (Å²) >= 11 is 0. The summed E-state index contributed by atoms with van der Waals surface area (Å²) in [4.78, 5) is 23.3. The van der Waals surface area contributed by atoms with Crippen molar-refractivity contribution >= 4 is 11.7 Å². The normalized spacial score (nSPS) is 14.2. The summed E-state index contributed by atoms with van der Waals surface area (Å²) in [6.45, 7) is 0.0374. The number of carbonyl (C=O) groups excluding carboxylic acids is 2. The van der Waals surface area contributed by atoms with Gasteiger partial charge in [-0.3, -0.25) is 9.59 Å². The molecule has 0 radical (unpaired) electrons. The van der Waals surface area contributed by atoms with Gasteiger partial charge in [0.15, 0.2) is 5.78 Å². The Morgan fingerprint density at radius 2 is 2.06 bits per heavy atom. The number of amides is 1. The van der Waals surface area contributed by atoms with Crippen LogP contribution in [0.4, 0.5) is 0 Å². The highest BCUT2D eigenvalue weighted by atomic mass is 16.5. The number of para-hydroxylation sites is 1. The third-order valence-corrected chi connectivity index (χ3v) is 2.78. The SMILES string of the molecule is COc1ccccc1C(=O)CNC(=O)C1CC1. The number of carbonyl (C=O) groups is 2. The summed E-state index contributed by atoms with van der Waals surface area (Å²) in [6.07, 6.45) is 1.88. The summed E-state index contributed by atoms with van der Waals surface area (Å²) in [5, 5.41) is 2.65. The van der Waals surface area contributed by atoms with Gasteiger partial charge < -0.3 is 10.1 Å². The molecule has 0 unspecified atom stereocenters. The first-order valence-corrected chi connectivity index (χ1v) is 5.66. The van der Waals surface area contributed by atoms with Gasteiger partial charge in [0.1, 0.15) is 5.75 Å². The number of hydrogen-bond acceptors (Lipinski definition) is 3. The number of Topliss-reactive ketones (excluding diaryl/α,β-unsaturated/α-hetero) is 1. The topological polar surface area (TPSA) is 55.4 Å². The molecule has 0 aliphatic heterocycles. The first kappa shape index (κ1) is 11.6. The van der Waals surface area contributed by atoms with Crippen LogP contribution in [0.1, 0.15) is 23.2 Å². The standard InChI is InChI=1S/C13H15NO3/c1-17-12-5-3-2-4-10(12)11(15)8-14-13(16)9-6-7-9/h2-5,9H,6-8H2,1H3,(H,14,16). The molecule has 1 aromatic rings. The minimum absolute atomic E-state index is 0.0201. The van der Waals surface area contributed by atoms with Crippen LogP contribution in [0.3, 0.4) is 0 Å². The molecule has 1 fully saturated rings. The van der Waals surface area contributed by atoms with Crippen molar-refractivity contribution in [3.63, 3.8) is 0 Å². The Kier molecular flexibility index (Phi) is 3.42. The maximum atomic E-state index is 11.9. The zero-order valence-electron chi connectivity index (χ0n) is 9.73. The van der Waals surface area contributed by atoms with E-state index in [1.54, 1.807) is 24.3 Å². The van der Waals surface area contributed by atoms with Crippen molar-refractivity contribution in [2.45, 2.75) is 12.8 Å². The molecule has 0 spiro atoms. The second-order valence-electron chi connectivity index (χ2n) is 4.12. The van der Waals surface area contributed by atoms with E-state index >= 15 is 0 Å². The Labute approximate surface area is 100.0 Å². The van der Waals surface area contributed by atoms with Crippen molar-refractivity contribution in [1.29, 1.82) is 0 Å². The second kappa shape index (κ2) is 4.99. The predicted octanol–water partition coefficient (Wildman–Crippen LogP) is 1.40. The molecule has 1 aliphatic carbocycles. The molecule has 4 nitrogen and oxygen atoms in total. The average Bonchev–Trinajstić information content (AvgIpc) is 3.19. The fourth-order valence-corrected chi connectivity index (χ4v) is 1.63. The van der Waals surface area contributed by atoms with Crippen LogP contribution in [0.15, 0.2) is 24.3 Å². The molecule has 17 heavy (non-hydrogen) atoms. The number of methoxy groups -OCH3 is 1. The maximum Gasteiger partial charge on any atom is 0.223 e. The van der Waals surface area contributed by atoms with E-state index in [9.17, 15) is 9.59 Å². The van der Waals surface area contributed by atoms with Crippen molar-refractivity contribution < 1.29 is 14.3 Å². The summed E-state index contributed by atoms with van der Waals surface area (Å²) in [5.74, 6) is 0.517. The quantitative estimate of drug-likeness (QED) is 0.782. The molecule has 0 aromatic heterocycles. The van der Waals surface area contributed by atoms with Crippen LogP contribution >= 0.6 is 0 Å². The highest BCUT2D eigenvalue weighted by Gasteiger charge is 2.29. The van der Waals surface area contributed by atoms with E-state index in [0.29, 0.717) is 11.3 Å². The lowest BCUT2D eigenvalue weighted by Gasteiger charge is -2.07. The highest BCUT2D eigenvalue weighted by Crippen LogP contribution is 2.28. The third-order valence-electron chi connectivity index (χ3n) is 2.78. The highest BCUT2D eigenvalue weighted by molar-refractivity contribution is 6.01. The van der Waals surface area contributed by atoms with Gasteiger partial charge in [0.2, 0.25) is 5.91 Å². The molecule has 1 aliphatic rings. The van der Waals surface area contributed by atoms with E-state index in [2.05, 4.69) is 5.32 Å². The average molecular weight is 233 g/mol. The molecule has 1 saturated carbocycles.